The number of fused-ring (bicyclic) bond motifs is 4. The molecule has 0 aliphatic heterocycles. The van der Waals surface area contributed by atoms with E-state index in [0.29, 0.717) is 11.8 Å². The van der Waals surface area contributed by atoms with E-state index in [4.69, 9.17) is 0 Å². The molecule has 48 heavy (non-hydrogen) atoms. The topological polar surface area (TPSA) is 0 Å². The standard InChI is InChI=1S/C48H72/c1-25-9-17-33(18-10-25)35-21-13-29(5)40-31(7)42-32(8)41-30(6)14-22-36(34-19-11-26(2)12-20-34)45(41)47-38-24-16-28(4)39-27(3)15-23-37(43(38)39)46(44(35)40)48(42)47/h25-38,46-47H,9-24H2,1-8H3. The van der Waals surface area contributed by atoms with E-state index in [2.05, 4.69) is 77.7 Å². The largest absolute Gasteiger partial charge is 0.0647 e. The molecule has 0 radical (unpaired) electrons. The second-order valence-corrected chi connectivity index (χ2v) is 20.4. The van der Waals surface area contributed by atoms with E-state index in [-0.39, 0.29) is 0 Å². The second-order valence-electron chi connectivity index (χ2n) is 20.4. The highest BCUT2D eigenvalue weighted by Gasteiger charge is 2.59. The van der Waals surface area contributed by atoms with Gasteiger partial charge in [-0.05, 0) is 160 Å². The lowest BCUT2D eigenvalue weighted by Gasteiger charge is -2.62. The highest BCUT2D eigenvalue weighted by atomic mass is 14.6. The zero-order valence-electron chi connectivity index (χ0n) is 32.6. The van der Waals surface area contributed by atoms with Crippen LogP contribution in [0.15, 0.2) is 44.6 Å². The molecular formula is C48H72. The average Bonchev–Trinajstić information content (AvgIpc) is 3.07. The highest BCUT2D eigenvalue weighted by Crippen LogP contribution is 2.70. The van der Waals surface area contributed by atoms with Gasteiger partial charge < -0.3 is 0 Å². The van der Waals surface area contributed by atoms with E-state index >= 15 is 0 Å². The van der Waals surface area contributed by atoms with Crippen LogP contribution in [-0.4, -0.2) is 0 Å². The van der Waals surface area contributed by atoms with Crippen LogP contribution in [-0.2, 0) is 0 Å². The van der Waals surface area contributed by atoms with E-state index in [1.54, 1.807) is 0 Å². The van der Waals surface area contributed by atoms with Gasteiger partial charge in [0, 0.05) is 11.8 Å². The fraction of sp³-hybridized carbons (Fsp3) is 0.833. The van der Waals surface area contributed by atoms with Crippen LogP contribution >= 0.6 is 0 Å². The lowest BCUT2D eigenvalue weighted by molar-refractivity contribution is 0.136. The van der Waals surface area contributed by atoms with Crippen molar-refractivity contribution in [1.29, 1.82) is 0 Å². The van der Waals surface area contributed by atoms with Gasteiger partial charge in [-0.15, -0.1) is 0 Å². The molecule has 0 aromatic heterocycles. The number of hydrogen-bond donors (Lipinski definition) is 0. The summed E-state index contributed by atoms with van der Waals surface area (Å²) < 4.78 is 0. The first-order valence-electron chi connectivity index (χ1n) is 22.1. The molecule has 3 saturated carbocycles. The summed E-state index contributed by atoms with van der Waals surface area (Å²) in [5.41, 5.74) is 16.4. The number of rotatable bonds is 2. The normalized spacial score (nSPS) is 50.5. The Kier molecular flexibility index (Phi) is 8.41. The molecule has 0 amide bonds. The van der Waals surface area contributed by atoms with E-state index in [0.717, 1.165) is 82.9 Å². The molecule has 0 spiro atoms. The van der Waals surface area contributed by atoms with Gasteiger partial charge in [0.15, 0.2) is 0 Å². The average molecular weight is 649 g/mol. The fourth-order valence-electron chi connectivity index (χ4n) is 15.9. The van der Waals surface area contributed by atoms with E-state index in [1.165, 1.54) is 103 Å². The summed E-state index contributed by atoms with van der Waals surface area (Å²) in [7, 11) is 0. The van der Waals surface area contributed by atoms with Gasteiger partial charge in [-0.25, -0.2) is 0 Å². The maximum atomic E-state index is 2.75. The predicted octanol–water partition coefficient (Wildman–Crippen LogP) is 13.6. The van der Waals surface area contributed by atoms with Crippen molar-refractivity contribution in [2.45, 2.75) is 158 Å². The third kappa shape index (κ3) is 4.77. The van der Waals surface area contributed by atoms with Crippen LogP contribution in [0, 0.1) is 94.7 Å². The van der Waals surface area contributed by atoms with Crippen molar-refractivity contribution < 1.29 is 0 Å². The molecule has 12 atom stereocenters. The minimum atomic E-state index is 0.677. The Morgan fingerprint density at radius 2 is 0.625 bits per heavy atom. The maximum Gasteiger partial charge on any atom is 0.00879 e. The van der Waals surface area contributed by atoms with Crippen molar-refractivity contribution >= 4 is 0 Å². The first kappa shape index (κ1) is 32.8. The van der Waals surface area contributed by atoms with Gasteiger partial charge in [-0.1, -0.05) is 126 Å². The minimum absolute atomic E-state index is 0.677. The molecule has 0 heterocycles. The third-order valence-corrected chi connectivity index (χ3v) is 18.0. The molecule has 0 bridgehead atoms. The van der Waals surface area contributed by atoms with E-state index < -0.39 is 0 Å². The minimum Gasteiger partial charge on any atom is -0.0647 e. The molecule has 0 heteroatoms. The molecule has 9 rings (SSSR count). The Balaban J connectivity index is 1.27. The monoisotopic (exact) mass is 649 g/mol. The summed E-state index contributed by atoms with van der Waals surface area (Å²) in [6.45, 7) is 21.3. The zero-order chi connectivity index (χ0) is 33.2. The first-order chi connectivity index (χ1) is 23.2. The Morgan fingerprint density at radius 3 is 1.02 bits per heavy atom. The summed E-state index contributed by atoms with van der Waals surface area (Å²) in [5.74, 6) is 13.2. The van der Waals surface area contributed by atoms with Gasteiger partial charge >= 0.3 is 0 Å². The summed E-state index contributed by atoms with van der Waals surface area (Å²) >= 11 is 0. The van der Waals surface area contributed by atoms with Crippen LogP contribution in [0.5, 0.6) is 0 Å². The maximum absolute atomic E-state index is 2.75. The molecule has 0 aromatic rings. The van der Waals surface area contributed by atoms with Crippen LogP contribution in [0.25, 0.3) is 0 Å². The van der Waals surface area contributed by atoms with Gasteiger partial charge in [0.05, 0.1) is 0 Å². The summed E-state index contributed by atoms with van der Waals surface area (Å²) in [5, 5.41) is 0. The Bertz CT molecular complexity index is 1310. The lowest BCUT2D eigenvalue weighted by Crippen LogP contribution is -2.52. The van der Waals surface area contributed by atoms with Crippen molar-refractivity contribution in [3.63, 3.8) is 0 Å². The molecule has 0 aromatic carbocycles. The van der Waals surface area contributed by atoms with Crippen molar-refractivity contribution in [1.82, 2.24) is 0 Å². The van der Waals surface area contributed by atoms with Gasteiger partial charge in [0.25, 0.3) is 0 Å². The third-order valence-electron chi connectivity index (χ3n) is 18.0. The van der Waals surface area contributed by atoms with Crippen molar-refractivity contribution in [3.05, 3.63) is 44.6 Å². The molecule has 12 unspecified atom stereocenters. The number of hydrogen-bond acceptors (Lipinski definition) is 0. The summed E-state index contributed by atoms with van der Waals surface area (Å²) in [6.07, 6.45) is 23.7. The van der Waals surface area contributed by atoms with Crippen LogP contribution in [0.2, 0.25) is 0 Å². The highest BCUT2D eigenvalue weighted by molar-refractivity contribution is 5.58. The van der Waals surface area contributed by atoms with Gasteiger partial charge in [0.2, 0.25) is 0 Å². The molecule has 9 aliphatic carbocycles. The van der Waals surface area contributed by atoms with E-state index in [1.807, 2.05) is 22.3 Å². The summed E-state index contributed by atoms with van der Waals surface area (Å²) in [6, 6.07) is 0. The van der Waals surface area contributed by atoms with Crippen LogP contribution in [0.1, 0.15) is 158 Å². The zero-order valence-corrected chi connectivity index (χ0v) is 32.6. The number of allylic oxidation sites excluding steroid dienone is 8. The molecule has 0 nitrogen and oxygen atoms in total. The molecule has 264 valence electrons. The lowest BCUT2D eigenvalue weighted by atomic mass is 9.42. The van der Waals surface area contributed by atoms with Crippen molar-refractivity contribution in [2.24, 2.45) is 94.7 Å². The fourth-order valence-corrected chi connectivity index (χ4v) is 15.9. The molecule has 9 aliphatic rings. The van der Waals surface area contributed by atoms with Crippen molar-refractivity contribution in [3.8, 4) is 0 Å². The van der Waals surface area contributed by atoms with Gasteiger partial charge in [-0.2, -0.15) is 0 Å². The van der Waals surface area contributed by atoms with E-state index in [9.17, 15) is 0 Å². The first-order valence-corrected chi connectivity index (χ1v) is 22.1. The molecule has 3 fully saturated rings. The predicted molar refractivity (Wildman–Crippen MR) is 203 cm³/mol. The Morgan fingerprint density at radius 1 is 0.271 bits per heavy atom. The molecule has 0 saturated heterocycles. The Hall–Kier alpha value is -1.04. The van der Waals surface area contributed by atoms with Crippen LogP contribution in [0.4, 0.5) is 0 Å². The molecule has 0 N–H and O–H groups in total. The van der Waals surface area contributed by atoms with Crippen LogP contribution in [0.3, 0.4) is 0 Å². The van der Waals surface area contributed by atoms with Crippen LogP contribution < -0.4 is 0 Å². The summed E-state index contributed by atoms with van der Waals surface area (Å²) in [4.78, 5) is 0. The molecular weight excluding hydrogens is 577 g/mol. The second kappa shape index (κ2) is 12.3. The Labute approximate surface area is 296 Å². The van der Waals surface area contributed by atoms with Crippen molar-refractivity contribution in [2.75, 3.05) is 0 Å². The quantitative estimate of drug-likeness (QED) is 0.261. The van der Waals surface area contributed by atoms with Gasteiger partial charge in [-0.3, -0.25) is 0 Å². The van der Waals surface area contributed by atoms with Gasteiger partial charge in [0.1, 0.15) is 0 Å². The smallest absolute Gasteiger partial charge is 0.00879 e. The SMILES string of the molecule is CC1CCC(C2CCC(C)C3=C2C2C4=C(C3C)C(C)C3=C(C(C5CCC(C)CC5)CCC3C)C4C3CCC(C)C4=C3C2CCC4C)CC1.